The van der Waals surface area contributed by atoms with E-state index in [4.69, 9.17) is 23.2 Å². The van der Waals surface area contributed by atoms with Gasteiger partial charge in [-0.05, 0) is 29.7 Å². The van der Waals surface area contributed by atoms with Crippen molar-refractivity contribution < 1.29 is 13.2 Å². The Balaban J connectivity index is 1.86. The Kier molecular flexibility index (Phi) is 5.90. The summed E-state index contributed by atoms with van der Waals surface area (Å²) < 4.78 is 23.8. The van der Waals surface area contributed by atoms with Crippen molar-refractivity contribution in [1.29, 1.82) is 0 Å². The van der Waals surface area contributed by atoms with Gasteiger partial charge < -0.3 is 4.90 Å². The Morgan fingerprint density at radius 1 is 1.04 bits per heavy atom. The molecular formula is C19H19Cl2NO3S. The lowest BCUT2D eigenvalue weighted by atomic mass is 10.1. The molecule has 0 bridgehead atoms. The molecule has 1 aliphatic heterocycles. The van der Waals surface area contributed by atoms with Crippen LogP contribution in [0.2, 0.25) is 10.0 Å². The summed E-state index contributed by atoms with van der Waals surface area (Å²) in [5, 5.41) is 0.870. The van der Waals surface area contributed by atoms with Crippen LogP contribution in [-0.2, 0) is 27.6 Å². The van der Waals surface area contributed by atoms with Crippen LogP contribution in [0.3, 0.4) is 0 Å². The number of hydrogen-bond acceptors (Lipinski definition) is 3. The summed E-state index contributed by atoms with van der Waals surface area (Å²) in [5.74, 6) is -0.0591. The number of carbonyl (C=O) groups excluding carboxylic acids is 1. The van der Waals surface area contributed by atoms with Gasteiger partial charge in [0.2, 0.25) is 5.91 Å². The summed E-state index contributed by atoms with van der Waals surface area (Å²) in [6.45, 7) is 0.363. The van der Waals surface area contributed by atoms with Gasteiger partial charge in [-0.2, -0.15) is 0 Å². The van der Waals surface area contributed by atoms with Crippen molar-refractivity contribution in [3.8, 4) is 0 Å². The van der Waals surface area contributed by atoms with E-state index in [0.29, 0.717) is 28.6 Å². The molecule has 1 aliphatic rings. The SMILES string of the molecule is O=C(Cc1c(Cl)cccc1Cl)N(Cc1ccccc1)C1CCS(=O)(=O)C1. The van der Waals surface area contributed by atoms with Crippen molar-refractivity contribution >= 4 is 38.9 Å². The van der Waals surface area contributed by atoms with E-state index in [2.05, 4.69) is 0 Å². The van der Waals surface area contributed by atoms with Gasteiger partial charge in [-0.1, -0.05) is 59.6 Å². The van der Waals surface area contributed by atoms with Crippen LogP contribution in [0.4, 0.5) is 0 Å². The lowest BCUT2D eigenvalue weighted by Gasteiger charge is -2.29. The second-order valence-corrected chi connectivity index (χ2v) is 9.48. The number of nitrogens with zero attached hydrogens (tertiary/aromatic N) is 1. The van der Waals surface area contributed by atoms with Crippen molar-refractivity contribution in [1.82, 2.24) is 4.90 Å². The highest BCUT2D eigenvalue weighted by Crippen LogP contribution is 2.27. The molecule has 1 unspecified atom stereocenters. The van der Waals surface area contributed by atoms with Crippen molar-refractivity contribution in [3.63, 3.8) is 0 Å². The van der Waals surface area contributed by atoms with Gasteiger partial charge in [-0.3, -0.25) is 4.79 Å². The Morgan fingerprint density at radius 3 is 2.27 bits per heavy atom. The first kappa shape index (κ1) is 19.2. The van der Waals surface area contributed by atoms with Gasteiger partial charge in [0.1, 0.15) is 0 Å². The van der Waals surface area contributed by atoms with Crippen LogP contribution in [-0.4, -0.2) is 36.8 Å². The minimum absolute atomic E-state index is 0.00181. The monoisotopic (exact) mass is 411 g/mol. The van der Waals surface area contributed by atoms with Gasteiger partial charge in [-0.25, -0.2) is 8.42 Å². The van der Waals surface area contributed by atoms with Crippen LogP contribution in [0.25, 0.3) is 0 Å². The Hall–Kier alpha value is -1.56. The van der Waals surface area contributed by atoms with Crippen LogP contribution in [0.1, 0.15) is 17.5 Å². The molecule has 0 aliphatic carbocycles. The van der Waals surface area contributed by atoms with E-state index in [1.54, 1.807) is 23.1 Å². The molecule has 7 heteroatoms. The van der Waals surface area contributed by atoms with Gasteiger partial charge in [-0.15, -0.1) is 0 Å². The third-order valence-corrected chi connectivity index (χ3v) is 7.01. The molecule has 138 valence electrons. The summed E-state index contributed by atoms with van der Waals surface area (Å²) in [7, 11) is -3.10. The molecule has 1 amide bonds. The van der Waals surface area contributed by atoms with Crippen LogP contribution in [0.5, 0.6) is 0 Å². The molecule has 1 saturated heterocycles. The van der Waals surface area contributed by atoms with Crippen LogP contribution >= 0.6 is 23.2 Å². The molecule has 2 aromatic rings. The van der Waals surface area contributed by atoms with Crippen molar-refractivity contribution in [2.75, 3.05) is 11.5 Å². The zero-order chi connectivity index (χ0) is 18.7. The van der Waals surface area contributed by atoms with Gasteiger partial charge in [0.05, 0.1) is 17.9 Å². The van der Waals surface area contributed by atoms with E-state index in [1.807, 2.05) is 30.3 Å². The van der Waals surface area contributed by atoms with Gasteiger partial charge in [0, 0.05) is 22.6 Å². The van der Waals surface area contributed by atoms with Crippen LogP contribution in [0.15, 0.2) is 48.5 Å². The molecule has 3 rings (SSSR count). The first-order valence-electron chi connectivity index (χ1n) is 8.32. The quantitative estimate of drug-likeness (QED) is 0.752. The zero-order valence-corrected chi connectivity index (χ0v) is 16.4. The summed E-state index contributed by atoms with van der Waals surface area (Å²) in [4.78, 5) is 14.7. The normalized spacial score (nSPS) is 18.6. The first-order valence-corrected chi connectivity index (χ1v) is 10.9. The molecule has 2 aromatic carbocycles. The topological polar surface area (TPSA) is 54.5 Å². The molecule has 0 spiro atoms. The maximum atomic E-state index is 13.0. The van der Waals surface area contributed by atoms with E-state index in [1.165, 1.54) is 0 Å². The van der Waals surface area contributed by atoms with Crippen molar-refractivity contribution in [2.45, 2.75) is 25.4 Å². The lowest BCUT2D eigenvalue weighted by Crippen LogP contribution is -2.41. The van der Waals surface area contributed by atoms with Gasteiger partial charge in [0.25, 0.3) is 0 Å². The molecule has 4 nitrogen and oxygen atoms in total. The molecule has 1 atom stereocenters. The molecule has 0 N–H and O–H groups in total. The molecule has 26 heavy (non-hydrogen) atoms. The smallest absolute Gasteiger partial charge is 0.227 e. The fourth-order valence-corrected chi connectivity index (χ4v) is 5.44. The third-order valence-electron chi connectivity index (χ3n) is 4.55. The summed E-state index contributed by atoms with van der Waals surface area (Å²) >= 11 is 12.4. The molecular weight excluding hydrogens is 393 g/mol. The summed E-state index contributed by atoms with van der Waals surface area (Å²) in [6, 6.07) is 14.3. The fourth-order valence-electron chi connectivity index (χ4n) is 3.18. The largest absolute Gasteiger partial charge is 0.334 e. The number of benzene rings is 2. The maximum Gasteiger partial charge on any atom is 0.227 e. The molecule has 0 saturated carbocycles. The van der Waals surface area contributed by atoms with E-state index in [9.17, 15) is 13.2 Å². The zero-order valence-electron chi connectivity index (χ0n) is 14.1. The average Bonchev–Trinajstić information content (AvgIpc) is 2.96. The lowest BCUT2D eigenvalue weighted by molar-refractivity contribution is -0.133. The highest BCUT2D eigenvalue weighted by molar-refractivity contribution is 7.91. The van der Waals surface area contributed by atoms with Crippen LogP contribution in [0, 0.1) is 0 Å². The number of rotatable bonds is 5. The Labute approximate surface area is 163 Å². The average molecular weight is 412 g/mol. The first-order chi connectivity index (χ1) is 12.4. The Bertz CT molecular complexity index is 880. The van der Waals surface area contributed by atoms with E-state index in [-0.39, 0.29) is 29.9 Å². The molecule has 1 fully saturated rings. The highest BCUT2D eigenvalue weighted by atomic mass is 35.5. The van der Waals surface area contributed by atoms with Crippen molar-refractivity contribution in [3.05, 3.63) is 69.7 Å². The highest BCUT2D eigenvalue weighted by Gasteiger charge is 2.34. The van der Waals surface area contributed by atoms with Crippen molar-refractivity contribution in [2.24, 2.45) is 0 Å². The van der Waals surface area contributed by atoms with Gasteiger partial charge >= 0.3 is 0 Å². The maximum absolute atomic E-state index is 13.0. The van der Waals surface area contributed by atoms with E-state index < -0.39 is 9.84 Å². The van der Waals surface area contributed by atoms with E-state index >= 15 is 0 Å². The standard InChI is InChI=1S/C19H19Cl2NO3S/c20-17-7-4-8-18(21)16(17)11-19(23)22(12-14-5-2-1-3-6-14)15-9-10-26(24,25)13-15/h1-8,15H,9-13H2. The molecule has 0 aromatic heterocycles. The minimum atomic E-state index is -3.10. The number of amides is 1. The number of sulfone groups is 1. The Morgan fingerprint density at radius 2 is 1.69 bits per heavy atom. The second-order valence-electron chi connectivity index (χ2n) is 6.44. The second kappa shape index (κ2) is 7.99. The fraction of sp³-hybridized carbons (Fsp3) is 0.316. The van der Waals surface area contributed by atoms with Gasteiger partial charge in [0.15, 0.2) is 9.84 Å². The number of carbonyl (C=O) groups is 1. The predicted molar refractivity (Wildman–Crippen MR) is 104 cm³/mol. The molecule has 1 heterocycles. The summed E-state index contributed by atoms with van der Waals surface area (Å²) in [5.41, 5.74) is 1.52. The number of halogens is 2. The summed E-state index contributed by atoms with van der Waals surface area (Å²) in [6.07, 6.45) is 0.499. The minimum Gasteiger partial charge on any atom is -0.334 e. The predicted octanol–water partition coefficient (Wildman–Crippen LogP) is 3.75. The number of hydrogen-bond donors (Lipinski definition) is 0. The molecule has 0 radical (unpaired) electrons. The third kappa shape index (κ3) is 4.58. The van der Waals surface area contributed by atoms with Crippen LogP contribution < -0.4 is 0 Å². The van der Waals surface area contributed by atoms with E-state index in [0.717, 1.165) is 5.56 Å².